The van der Waals surface area contributed by atoms with Crippen LogP contribution in [-0.2, 0) is 15.8 Å². The molecule has 1 aromatic carbocycles. The van der Waals surface area contributed by atoms with Gasteiger partial charge in [0, 0.05) is 5.39 Å². The van der Waals surface area contributed by atoms with Gasteiger partial charge in [-0.3, -0.25) is 0 Å². The first kappa shape index (κ1) is 19.3. The number of hydrogen-bond donors (Lipinski definition) is 1. The van der Waals surface area contributed by atoms with E-state index in [4.69, 9.17) is 9.66 Å². The summed E-state index contributed by atoms with van der Waals surface area (Å²) in [4.78, 5) is 0. The lowest BCUT2D eigenvalue weighted by molar-refractivity contribution is 0.448. The molecular formula is C10H14Cl2N2O3S. The number of sulfonamides is 1. The predicted molar refractivity (Wildman–Crippen MR) is 76.6 cm³/mol. The standard InChI is InChI=1S/C8H8N2O3S.C2H4.2ClH/c9-14(11,12)5-7-6-3-1-2-4-8(6)13-10-7;1-2;;/h1-4H,5H2,(H2,9,11,12);1-2H2;2*1H. The molecular weight excluding hydrogens is 299 g/mol. The molecule has 5 nitrogen and oxygen atoms in total. The molecule has 102 valence electrons. The Morgan fingerprint density at radius 1 is 1.22 bits per heavy atom. The quantitative estimate of drug-likeness (QED) is 0.862. The lowest BCUT2D eigenvalue weighted by Gasteiger charge is -1.92. The molecule has 0 aliphatic rings. The van der Waals surface area contributed by atoms with Gasteiger partial charge in [0.05, 0.1) is 0 Å². The molecule has 0 amide bonds. The van der Waals surface area contributed by atoms with Crippen molar-refractivity contribution in [3.05, 3.63) is 43.1 Å². The van der Waals surface area contributed by atoms with Gasteiger partial charge in [0.15, 0.2) is 5.58 Å². The fourth-order valence-electron chi connectivity index (χ4n) is 1.23. The lowest BCUT2D eigenvalue weighted by atomic mass is 10.2. The zero-order valence-electron chi connectivity index (χ0n) is 9.40. The first-order valence-electron chi connectivity index (χ1n) is 4.40. The van der Waals surface area contributed by atoms with Crippen LogP contribution >= 0.6 is 24.8 Å². The van der Waals surface area contributed by atoms with Crippen molar-refractivity contribution in [3.63, 3.8) is 0 Å². The molecule has 0 spiro atoms. The Hall–Kier alpha value is -1.08. The van der Waals surface area contributed by atoms with Crippen molar-refractivity contribution in [3.8, 4) is 0 Å². The Balaban J connectivity index is 0. The van der Waals surface area contributed by atoms with Crippen LogP contribution in [0.15, 0.2) is 41.9 Å². The highest BCUT2D eigenvalue weighted by Gasteiger charge is 2.12. The number of rotatable bonds is 2. The van der Waals surface area contributed by atoms with Gasteiger partial charge in [0.2, 0.25) is 10.0 Å². The highest BCUT2D eigenvalue weighted by molar-refractivity contribution is 7.88. The van der Waals surface area contributed by atoms with E-state index in [9.17, 15) is 8.42 Å². The van der Waals surface area contributed by atoms with E-state index in [2.05, 4.69) is 18.3 Å². The summed E-state index contributed by atoms with van der Waals surface area (Å²) in [6, 6.07) is 7.03. The van der Waals surface area contributed by atoms with Gasteiger partial charge in [-0.05, 0) is 12.1 Å². The molecule has 1 aromatic heterocycles. The van der Waals surface area contributed by atoms with E-state index in [1.807, 2.05) is 0 Å². The second-order valence-corrected chi connectivity index (χ2v) is 4.55. The SMILES string of the molecule is C=C.Cl.Cl.NS(=O)(=O)Cc1noc2ccccc12. The van der Waals surface area contributed by atoms with Gasteiger partial charge in [0.25, 0.3) is 0 Å². The van der Waals surface area contributed by atoms with Crippen molar-refractivity contribution < 1.29 is 12.9 Å². The van der Waals surface area contributed by atoms with Gasteiger partial charge in [-0.2, -0.15) is 0 Å². The van der Waals surface area contributed by atoms with Gasteiger partial charge < -0.3 is 4.52 Å². The number of para-hydroxylation sites is 1. The van der Waals surface area contributed by atoms with Crippen LogP contribution in [0.4, 0.5) is 0 Å². The number of nitrogens with zero attached hydrogens (tertiary/aromatic N) is 1. The predicted octanol–water partition coefficient (Wildman–Crippen LogP) is 2.26. The van der Waals surface area contributed by atoms with E-state index in [1.165, 1.54) is 0 Å². The van der Waals surface area contributed by atoms with Gasteiger partial charge in [-0.25, -0.2) is 13.6 Å². The highest BCUT2D eigenvalue weighted by Crippen LogP contribution is 2.18. The van der Waals surface area contributed by atoms with Crippen LogP contribution in [-0.4, -0.2) is 13.6 Å². The first-order valence-corrected chi connectivity index (χ1v) is 6.11. The molecule has 0 unspecified atom stereocenters. The molecule has 0 saturated carbocycles. The summed E-state index contributed by atoms with van der Waals surface area (Å²) in [6.45, 7) is 6.00. The Labute approximate surface area is 118 Å². The molecule has 0 saturated heterocycles. The van der Waals surface area contributed by atoms with Gasteiger partial charge in [0.1, 0.15) is 11.4 Å². The number of hydrogen-bond acceptors (Lipinski definition) is 4. The van der Waals surface area contributed by atoms with E-state index < -0.39 is 10.0 Å². The van der Waals surface area contributed by atoms with Crippen molar-refractivity contribution in [2.45, 2.75) is 5.75 Å². The molecule has 0 fully saturated rings. The minimum atomic E-state index is -3.56. The third-order valence-corrected chi connectivity index (χ3v) is 2.47. The second-order valence-electron chi connectivity index (χ2n) is 2.93. The van der Waals surface area contributed by atoms with E-state index in [1.54, 1.807) is 24.3 Å². The zero-order chi connectivity index (χ0) is 12.2. The molecule has 0 aliphatic carbocycles. The monoisotopic (exact) mass is 312 g/mol. The van der Waals surface area contributed by atoms with Gasteiger partial charge in [-0.15, -0.1) is 38.0 Å². The number of halogens is 2. The summed E-state index contributed by atoms with van der Waals surface area (Å²) in [5.74, 6) is -0.302. The molecule has 2 rings (SSSR count). The van der Waals surface area contributed by atoms with Gasteiger partial charge in [-0.1, -0.05) is 17.3 Å². The van der Waals surface area contributed by atoms with Crippen LogP contribution in [0.3, 0.4) is 0 Å². The maximum Gasteiger partial charge on any atom is 0.214 e. The Kier molecular flexibility index (Phi) is 8.67. The van der Waals surface area contributed by atoms with E-state index in [-0.39, 0.29) is 30.6 Å². The second kappa shape index (κ2) is 8.10. The number of benzene rings is 1. The molecule has 8 heteroatoms. The first-order chi connectivity index (χ1) is 7.56. The topological polar surface area (TPSA) is 86.2 Å². The molecule has 0 radical (unpaired) electrons. The Morgan fingerprint density at radius 2 is 1.78 bits per heavy atom. The van der Waals surface area contributed by atoms with Crippen LogP contribution in [0.25, 0.3) is 11.0 Å². The van der Waals surface area contributed by atoms with Crippen molar-refractivity contribution in [1.82, 2.24) is 5.16 Å². The molecule has 0 bridgehead atoms. The fourth-order valence-corrected chi connectivity index (χ4v) is 1.82. The summed E-state index contributed by atoms with van der Waals surface area (Å²) < 4.78 is 26.6. The van der Waals surface area contributed by atoms with E-state index in [0.29, 0.717) is 16.7 Å². The van der Waals surface area contributed by atoms with Crippen molar-refractivity contribution in [2.24, 2.45) is 5.14 Å². The lowest BCUT2D eigenvalue weighted by Crippen LogP contribution is -2.14. The molecule has 0 aliphatic heterocycles. The third kappa shape index (κ3) is 5.05. The number of nitrogens with two attached hydrogens (primary N) is 1. The van der Waals surface area contributed by atoms with Crippen LogP contribution in [0.2, 0.25) is 0 Å². The third-order valence-electron chi connectivity index (χ3n) is 1.79. The number of fused-ring (bicyclic) bond motifs is 1. The maximum atomic E-state index is 10.8. The smallest absolute Gasteiger partial charge is 0.214 e. The molecule has 1 heterocycles. The zero-order valence-corrected chi connectivity index (χ0v) is 11.9. The molecule has 2 N–H and O–H groups in total. The van der Waals surface area contributed by atoms with Crippen molar-refractivity contribution >= 4 is 45.8 Å². The summed E-state index contributed by atoms with van der Waals surface area (Å²) in [5.41, 5.74) is 0.911. The summed E-state index contributed by atoms with van der Waals surface area (Å²) in [5, 5.41) is 9.24. The highest BCUT2D eigenvalue weighted by atomic mass is 35.5. The minimum absolute atomic E-state index is 0. The van der Waals surface area contributed by atoms with Gasteiger partial charge >= 0.3 is 0 Å². The maximum absolute atomic E-state index is 10.8. The summed E-state index contributed by atoms with van der Waals surface area (Å²) in [7, 11) is -3.56. The van der Waals surface area contributed by atoms with Crippen LogP contribution in [0.5, 0.6) is 0 Å². The number of aromatic nitrogens is 1. The average Bonchev–Trinajstić information content (AvgIpc) is 2.63. The Morgan fingerprint density at radius 3 is 2.33 bits per heavy atom. The molecule has 18 heavy (non-hydrogen) atoms. The Bertz CT molecular complexity index is 584. The average molecular weight is 313 g/mol. The van der Waals surface area contributed by atoms with Crippen LogP contribution < -0.4 is 5.14 Å². The summed E-state index contributed by atoms with van der Waals surface area (Å²) >= 11 is 0. The van der Waals surface area contributed by atoms with Crippen LogP contribution in [0.1, 0.15) is 5.69 Å². The fraction of sp³-hybridized carbons (Fsp3) is 0.100. The minimum Gasteiger partial charge on any atom is -0.356 e. The van der Waals surface area contributed by atoms with E-state index >= 15 is 0 Å². The van der Waals surface area contributed by atoms with Crippen LogP contribution in [0, 0.1) is 0 Å². The van der Waals surface area contributed by atoms with E-state index in [0.717, 1.165) is 0 Å². The summed E-state index contributed by atoms with van der Waals surface area (Å²) in [6.07, 6.45) is 0. The van der Waals surface area contributed by atoms with Crippen molar-refractivity contribution in [1.29, 1.82) is 0 Å². The normalized spacial score (nSPS) is 9.61. The van der Waals surface area contributed by atoms with Crippen molar-refractivity contribution in [2.75, 3.05) is 0 Å². The molecule has 0 atom stereocenters. The molecule has 2 aromatic rings. The largest absolute Gasteiger partial charge is 0.356 e. The number of primary sulfonamides is 1.